The number of aryl methyl sites for hydroxylation is 1. The Balaban J connectivity index is 1.71. The van der Waals surface area contributed by atoms with Crippen LogP contribution in [0.5, 0.6) is 5.75 Å². The molecular formula is C15H14BrNO2. The first kappa shape index (κ1) is 12.6. The maximum absolute atomic E-state index is 9.76. The molecule has 98 valence electrons. The topological polar surface area (TPSA) is 42.4 Å². The van der Waals surface area contributed by atoms with E-state index in [1.165, 1.54) is 5.56 Å². The average molecular weight is 320 g/mol. The van der Waals surface area contributed by atoms with Crippen molar-refractivity contribution in [3.05, 3.63) is 57.8 Å². The Morgan fingerprint density at radius 2 is 2.21 bits per heavy atom. The van der Waals surface area contributed by atoms with Crippen LogP contribution in [0.3, 0.4) is 0 Å². The molecule has 0 spiro atoms. The van der Waals surface area contributed by atoms with Crippen molar-refractivity contribution in [3.63, 3.8) is 0 Å². The van der Waals surface area contributed by atoms with Gasteiger partial charge in [-0.05, 0) is 58.1 Å². The fourth-order valence-electron chi connectivity index (χ4n) is 2.36. The highest BCUT2D eigenvalue weighted by atomic mass is 79.9. The summed E-state index contributed by atoms with van der Waals surface area (Å²) in [7, 11) is 0. The highest BCUT2D eigenvalue weighted by Gasteiger charge is 2.20. The first-order chi connectivity index (χ1) is 9.22. The third-order valence-corrected chi connectivity index (χ3v) is 3.76. The van der Waals surface area contributed by atoms with Crippen LogP contribution in [0.4, 0.5) is 0 Å². The minimum atomic E-state index is -0.307. The van der Waals surface area contributed by atoms with Crippen LogP contribution >= 0.6 is 15.9 Å². The largest absolute Gasteiger partial charge is 0.489 e. The molecule has 0 fully saturated rings. The number of fused-ring (bicyclic) bond motifs is 1. The van der Waals surface area contributed by atoms with Crippen molar-refractivity contribution < 1.29 is 9.84 Å². The summed E-state index contributed by atoms with van der Waals surface area (Å²) < 4.78 is 6.71. The van der Waals surface area contributed by atoms with E-state index in [1.807, 2.05) is 24.3 Å². The van der Waals surface area contributed by atoms with E-state index in [1.54, 1.807) is 12.4 Å². The molecule has 19 heavy (non-hydrogen) atoms. The molecule has 1 aliphatic carbocycles. The highest BCUT2D eigenvalue weighted by Crippen LogP contribution is 2.33. The summed E-state index contributed by atoms with van der Waals surface area (Å²) in [5.74, 6) is 0.841. The highest BCUT2D eigenvalue weighted by molar-refractivity contribution is 9.10. The minimum Gasteiger partial charge on any atom is -0.489 e. The average Bonchev–Trinajstić information content (AvgIpc) is 2.78. The molecule has 3 nitrogen and oxygen atoms in total. The zero-order valence-corrected chi connectivity index (χ0v) is 11.9. The van der Waals surface area contributed by atoms with Gasteiger partial charge in [-0.25, -0.2) is 0 Å². The number of benzene rings is 1. The molecule has 0 aliphatic heterocycles. The van der Waals surface area contributed by atoms with E-state index >= 15 is 0 Å². The minimum absolute atomic E-state index is 0.307. The number of aliphatic hydroxyl groups excluding tert-OH is 1. The quantitative estimate of drug-likeness (QED) is 0.942. The Kier molecular flexibility index (Phi) is 3.53. The molecule has 4 heteroatoms. The second kappa shape index (κ2) is 5.31. The number of hydrogen-bond acceptors (Lipinski definition) is 3. The second-order valence-corrected chi connectivity index (χ2v) is 5.63. The number of halogens is 1. The molecule has 0 radical (unpaired) electrons. The molecule has 3 rings (SSSR count). The SMILES string of the molecule is O[C@@H]1CCc2cc(OCc3cncc(Br)c3)ccc21. The number of aliphatic hydroxyl groups is 1. The molecule has 2 aromatic rings. The van der Waals surface area contributed by atoms with Gasteiger partial charge in [0, 0.05) is 22.4 Å². The summed E-state index contributed by atoms with van der Waals surface area (Å²) >= 11 is 3.39. The third kappa shape index (κ3) is 2.80. The lowest BCUT2D eigenvalue weighted by atomic mass is 10.1. The van der Waals surface area contributed by atoms with Gasteiger partial charge >= 0.3 is 0 Å². The molecule has 1 N–H and O–H groups in total. The molecule has 1 aromatic heterocycles. The van der Waals surface area contributed by atoms with Crippen molar-refractivity contribution in [2.75, 3.05) is 0 Å². The van der Waals surface area contributed by atoms with Gasteiger partial charge in [0.1, 0.15) is 12.4 Å². The molecule has 1 aromatic carbocycles. The monoisotopic (exact) mass is 319 g/mol. The zero-order valence-electron chi connectivity index (χ0n) is 10.3. The molecule has 0 amide bonds. The Labute approximate surface area is 120 Å². The number of rotatable bonds is 3. The first-order valence-corrected chi connectivity index (χ1v) is 7.05. The molecule has 1 heterocycles. The summed E-state index contributed by atoms with van der Waals surface area (Å²) in [5, 5.41) is 9.76. The van der Waals surface area contributed by atoms with Gasteiger partial charge in [-0.15, -0.1) is 0 Å². The van der Waals surface area contributed by atoms with Crippen LogP contribution in [0.25, 0.3) is 0 Å². The molecule has 1 atom stereocenters. The van der Waals surface area contributed by atoms with Crippen molar-refractivity contribution in [1.82, 2.24) is 4.98 Å². The van der Waals surface area contributed by atoms with Crippen molar-refractivity contribution >= 4 is 15.9 Å². The van der Waals surface area contributed by atoms with Gasteiger partial charge in [-0.3, -0.25) is 4.98 Å². The standard InChI is InChI=1S/C15H14BrNO2/c16-12-5-10(7-17-8-12)9-19-13-2-3-14-11(6-13)1-4-15(14)18/h2-3,5-8,15,18H,1,4,9H2/t15-/m1/s1. The van der Waals surface area contributed by atoms with Gasteiger partial charge < -0.3 is 9.84 Å². The Bertz CT molecular complexity index is 600. The smallest absolute Gasteiger partial charge is 0.120 e. The van der Waals surface area contributed by atoms with Crippen LogP contribution in [0.1, 0.15) is 29.2 Å². The maximum Gasteiger partial charge on any atom is 0.120 e. The van der Waals surface area contributed by atoms with Crippen molar-refractivity contribution in [1.29, 1.82) is 0 Å². The van der Waals surface area contributed by atoms with Crippen LogP contribution in [0.15, 0.2) is 41.1 Å². The van der Waals surface area contributed by atoms with Gasteiger partial charge in [-0.2, -0.15) is 0 Å². The predicted molar refractivity (Wildman–Crippen MR) is 76.0 cm³/mol. The van der Waals surface area contributed by atoms with Crippen LogP contribution < -0.4 is 4.74 Å². The predicted octanol–water partition coefficient (Wildman–Crippen LogP) is 3.40. The lowest BCUT2D eigenvalue weighted by Gasteiger charge is -2.09. The molecule has 0 bridgehead atoms. The fraction of sp³-hybridized carbons (Fsp3) is 0.267. The zero-order chi connectivity index (χ0) is 13.2. The summed E-state index contributed by atoms with van der Waals surface area (Å²) in [6.07, 6.45) is 4.97. The van der Waals surface area contributed by atoms with Crippen molar-refractivity contribution in [3.8, 4) is 5.75 Å². The molecule has 0 unspecified atom stereocenters. The molecule has 0 saturated carbocycles. The molecule has 0 saturated heterocycles. The van der Waals surface area contributed by atoms with Crippen molar-refractivity contribution in [2.45, 2.75) is 25.6 Å². The fourth-order valence-corrected chi connectivity index (χ4v) is 2.77. The van der Waals surface area contributed by atoms with E-state index < -0.39 is 0 Å². The lowest BCUT2D eigenvalue weighted by Crippen LogP contribution is -1.97. The van der Waals surface area contributed by atoms with E-state index in [2.05, 4.69) is 20.9 Å². The maximum atomic E-state index is 9.76. The van der Waals surface area contributed by atoms with E-state index in [0.717, 1.165) is 34.2 Å². The van der Waals surface area contributed by atoms with Gasteiger partial charge in [0.25, 0.3) is 0 Å². The Morgan fingerprint density at radius 3 is 3.05 bits per heavy atom. The Hall–Kier alpha value is -1.39. The van der Waals surface area contributed by atoms with Crippen LogP contribution in [-0.2, 0) is 13.0 Å². The lowest BCUT2D eigenvalue weighted by molar-refractivity contribution is 0.180. The number of pyridine rings is 1. The molecular weight excluding hydrogens is 306 g/mol. The van der Waals surface area contributed by atoms with E-state index in [-0.39, 0.29) is 6.10 Å². The summed E-state index contributed by atoms with van der Waals surface area (Å²) in [4.78, 5) is 4.10. The van der Waals surface area contributed by atoms with E-state index in [4.69, 9.17) is 4.74 Å². The van der Waals surface area contributed by atoms with Gasteiger partial charge in [-0.1, -0.05) is 6.07 Å². The van der Waals surface area contributed by atoms with Crippen LogP contribution in [0.2, 0.25) is 0 Å². The van der Waals surface area contributed by atoms with Gasteiger partial charge in [0.2, 0.25) is 0 Å². The van der Waals surface area contributed by atoms with E-state index in [9.17, 15) is 5.11 Å². The summed E-state index contributed by atoms with van der Waals surface area (Å²) in [6.45, 7) is 0.494. The number of nitrogens with zero attached hydrogens (tertiary/aromatic N) is 1. The van der Waals surface area contributed by atoms with E-state index in [0.29, 0.717) is 6.61 Å². The Morgan fingerprint density at radius 1 is 1.32 bits per heavy atom. The van der Waals surface area contributed by atoms with Crippen molar-refractivity contribution in [2.24, 2.45) is 0 Å². The van der Waals surface area contributed by atoms with Crippen LogP contribution in [-0.4, -0.2) is 10.1 Å². The second-order valence-electron chi connectivity index (χ2n) is 4.72. The van der Waals surface area contributed by atoms with Crippen LogP contribution in [0, 0.1) is 0 Å². The molecule has 1 aliphatic rings. The van der Waals surface area contributed by atoms with Gasteiger partial charge in [0.05, 0.1) is 6.10 Å². The summed E-state index contributed by atoms with van der Waals surface area (Å²) in [6, 6.07) is 7.89. The summed E-state index contributed by atoms with van der Waals surface area (Å²) in [5.41, 5.74) is 3.25. The first-order valence-electron chi connectivity index (χ1n) is 6.25. The number of ether oxygens (including phenoxy) is 1. The number of hydrogen-bond donors (Lipinski definition) is 1. The van der Waals surface area contributed by atoms with Gasteiger partial charge in [0.15, 0.2) is 0 Å². The third-order valence-electron chi connectivity index (χ3n) is 3.33. The normalized spacial score (nSPS) is 17.3. The number of aromatic nitrogens is 1.